The first-order valence-electron chi connectivity index (χ1n) is 25.2. The summed E-state index contributed by atoms with van der Waals surface area (Å²) in [5, 5.41) is 1.64. The predicted molar refractivity (Wildman–Crippen MR) is 270 cm³/mol. The highest BCUT2D eigenvalue weighted by Crippen LogP contribution is 2.75. The van der Waals surface area contributed by atoms with E-state index in [-0.39, 0.29) is 28.5 Å². The van der Waals surface area contributed by atoms with Crippen molar-refractivity contribution < 1.29 is 23.1 Å². The third kappa shape index (κ3) is 8.96. The van der Waals surface area contributed by atoms with E-state index in [0.717, 1.165) is 47.9 Å². The quantitative estimate of drug-likeness (QED) is 0.0721. The van der Waals surface area contributed by atoms with Crippen molar-refractivity contribution in [2.45, 2.75) is 159 Å². The second-order valence-electron chi connectivity index (χ2n) is 23.8. The van der Waals surface area contributed by atoms with Crippen LogP contribution in [0.15, 0.2) is 116 Å². The van der Waals surface area contributed by atoms with E-state index in [2.05, 4.69) is 94.4 Å². The van der Waals surface area contributed by atoms with Gasteiger partial charge < -0.3 is 18.3 Å². The van der Waals surface area contributed by atoms with Gasteiger partial charge in [0.05, 0.1) is 17.0 Å². The number of rotatable bonds is 9. The van der Waals surface area contributed by atoms with Crippen LogP contribution in [0.25, 0.3) is 28.0 Å². The van der Waals surface area contributed by atoms with Gasteiger partial charge >= 0.3 is 11.6 Å². The number of allylic oxidation sites excluding steroid dienone is 5. The van der Waals surface area contributed by atoms with Gasteiger partial charge in [-0.25, -0.2) is 9.59 Å². The van der Waals surface area contributed by atoms with Gasteiger partial charge in [-0.15, -0.1) is 0 Å². The Morgan fingerprint density at radius 3 is 2.30 bits per heavy atom. The Labute approximate surface area is 395 Å². The van der Waals surface area contributed by atoms with Crippen molar-refractivity contribution in [2.24, 2.45) is 50.2 Å². The van der Waals surface area contributed by atoms with Gasteiger partial charge in [-0.05, 0) is 172 Å². The summed E-state index contributed by atoms with van der Waals surface area (Å²) in [5.41, 5.74) is 8.05. The van der Waals surface area contributed by atoms with E-state index in [1.807, 2.05) is 48.0 Å². The number of fused-ring (bicyclic) bond motifs is 9. The molecule has 8 atom stereocenters. The molecule has 6 heteroatoms. The molecule has 0 amide bonds. The number of esters is 1. The molecule has 4 aromatic rings. The van der Waals surface area contributed by atoms with Crippen LogP contribution in [0.3, 0.4) is 0 Å². The highest BCUT2D eigenvalue weighted by molar-refractivity contribution is 6.01. The first-order valence-corrected chi connectivity index (χ1v) is 25.2. The number of ether oxygens (including phenoxy) is 2. The fourth-order valence-electron chi connectivity index (χ4n) is 14.3. The SMILES string of the molecule is CC(C)=CCC/C(C)=C/COc1c2ccoc2cc2oc(=O)ccc12.CC1(C)CC[C@]2(C)CC[C@]3(C)C(=CC[C@@H]4[C@@]5(C)CC[C@H](OC(=O)/C=C/c6ccccc6)C(C)(C)[C@@H]5CC[C@]43C)[C@@H]2C1. The van der Waals surface area contributed by atoms with Crippen molar-refractivity contribution in [3.05, 3.63) is 118 Å². The number of furan rings is 1. The Hall–Kier alpha value is -4.58. The topological polar surface area (TPSA) is 78.9 Å². The number of carbonyl (C=O) groups is 1. The first-order chi connectivity index (χ1) is 31.2. The molecule has 0 radical (unpaired) electrons. The van der Waals surface area contributed by atoms with Gasteiger partial charge in [0.25, 0.3) is 0 Å². The number of hydrogen-bond donors (Lipinski definition) is 0. The molecule has 0 aliphatic heterocycles. The van der Waals surface area contributed by atoms with Gasteiger partial charge in [0.15, 0.2) is 0 Å². The van der Waals surface area contributed by atoms with E-state index in [0.29, 0.717) is 57.0 Å². The molecule has 4 saturated carbocycles. The van der Waals surface area contributed by atoms with Crippen LogP contribution in [-0.4, -0.2) is 18.7 Å². The molecule has 0 N–H and O–H groups in total. The van der Waals surface area contributed by atoms with Crippen molar-refractivity contribution in [3.8, 4) is 5.75 Å². The van der Waals surface area contributed by atoms with E-state index in [9.17, 15) is 9.59 Å². The van der Waals surface area contributed by atoms with Crippen LogP contribution in [0.5, 0.6) is 5.75 Å². The van der Waals surface area contributed by atoms with Crippen LogP contribution in [0, 0.1) is 50.2 Å². The van der Waals surface area contributed by atoms with E-state index in [1.54, 1.807) is 24.5 Å². The molecule has 2 aromatic carbocycles. The number of hydrogen-bond acceptors (Lipinski definition) is 6. The van der Waals surface area contributed by atoms with Crippen LogP contribution in [0.2, 0.25) is 0 Å². The van der Waals surface area contributed by atoms with Crippen LogP contribution in [-0.2, 0) is 9.53 Å². The van der Waals surface area contributed by atoms with E-state index < -0.39 is 0 Å². The second kappa shape index (κ2) is 18.1. The summed E-state index contributed by atoms with van der Waals surface area (Å²) in [6.45, 7) is 27.3. The van der Waals surface area contributed by atoms with Crippen molar-refractivity contribution in [1.29, 1.82) is 0 Å². The number of benzene rings is 2. The number of carbonyl (C=O) groups excluding carboxylic acids is 1. The molecule has 66 heavy (non-hydrogen) atoms. The molecule has 9 rings (SSSR count). The molecule has 0 spiro atoms. The van der Waals surface area contributed by atoms with E-state index >= 15 is 0 Å². The summed E-state index contributed by atoms with van der Waals surface area (Å²) in [5.74, 6) is 2.49. The van der Waals surface area contributed by atoms with Crippen molar-refractivity contribution >= 4 is 34.0 Å². The second-order valence-corrected chi connectivity index (χ2v) is 23.8. The van der Waals surface area contributed by atoms with Gasteiger partial charge in [0.2, 0.25) is 0 Å². The summed E-state index contributed by atoms with van der Waals surface area (Å²) < 4.78 is 23.0. The zero-order valence-electron chi connectivity index (χ0n) is 42.1. The molecule has 2 heterocycles. The highest BCUT2D eigenvalue weighted by atomic mass is 16.5. The molecule has 0 unspecified atom stereocenters. The minimum absolute atomic E-state index is 0.0250. The van der Waals surface area contributed by atoms with Gasteiger partial charge in [-0.2, -0.15) is 0 Å². The average molecular weight is 895 g/mol. The molecule has 0 saturated heterocycles. The first kappa shape index (κ1) is 47.9. The van der Waals surface area contributed by atoms with E-state index in [4.69, 9.17) is 18.3 Å². The normalized spacial score (nSPS) is 32.2. The smallest absolute Gasteiger partial charge is 0.336 e. The minimum Gasteiger partial charge on any atom is -0.488 e. The van der Waals surface area contributed by atoms with Crippen molar-refractivity contribution in [1.82, 2.24) is 0 Å². The lowest BCUT2D eigenvalue weighted by molar-refractivity contribution is -0.210. The van der Waals surface area contributed by atoms with Crippen molar-refractivity contribution in [2.75, 3.05) is 6.61 Å². The molecular weight excluding hydrogens is 817 g/mol. The Balaban J connectivity index is 0.000000203. The zero-order chi connectivity index (χ0) is 47.3. The summed E-state index contributed by atoms with van der Waals surface area (Å²) in [4.78, 5) is 24.4. The minimum atomic E-state index is -0.389. The lowest BCUT2D eigenvalue weighted by atomic mass is 9.33. The van der Waals surface area contributed by atoms with Gasteiger partial charge in [-0.3, -0.25) is 0 Å². The molecule has 354 valence electrons. The van der Waals surface area contributed by atoms with Crippen molar-refractivity contribution in [3.63, 3.8) is 0 Å². The van der Waals surface area contributed by atoms with E-state index in [1.165, 1.54) is 68.6 Å². The Morgan fingerprint density at radius 1 is 0.803 bits per heavy atom. The third-order valence-electron chi connectivity index (χ3n) is 18.5. The Bertz CT molecular complexity index is 2590. The maximum Gasteiger partial charge on any atom is 0.336 e. The molecular formula is C60H78O6. The third-order valence-corrected chi connectivity index (χ3v) is 18.5. The van der Waals surface area contributed by atoms with Crippen LogP contribution >= 0.6 is 0 Å². The molecule has 5 aliphatic carbocycles. The average Bonchev–Trinajstić information content (AvgIpc) is 3.73. The lowest BCUT2D eigenvalue weighted by Crippen LogP contribution is -2.64. The molecule has 0 bridgehead atoms. The fraction of sp³-hybridized carbons (Fsp3) is 0.567. The lowest BCUT2D eigenvalue weighted by Gasteiger charge is -2.71. The van der Waals surface area contributed by atoms with Gasteiger partial charge in [0, 0.05) is 23.6 Å². The standard InChI is InChI=1S/C39H56O2.C21H22O4/c1-34(2)22-23-36(5)24-25-38(7)28(29(36)26-34)15-16-31-37(6)20-19-32(35(3,4)30(37)18-21-39(31,38)8)41-33(40)17-14-27-12-10-9-11-13-27;1-14(2)5-4-6-15(3)9-11-24-21-16-7-8-20(22)25-19(16)13-18-17(21)10-12-23-18/h9-15,17,29-32H,16,18-26H2,1-8H3;5,7-10,12-13H,4,6,11H2,1-3H3/b17-14+;15-9+/t29-,30-,31+,32-,36+,37-,38+,39+;/m0./s1. The maximum atomic E-state index is 13.0. The Morgan fingerprint density at radius 2 is 1.55 bits per heavy atom. The fourth-order valence-corrected chi connectivity index (χ4v) is 14.3. The van der Waals surface area contributed by atoms with Crippen LogP contribution < -0.4 is 10.4 Å². The molecule has 4 fully saturated rings. The zero-order valence-corrected chi connectivity index (χ0v) is 42.1. The highest BCUT2D eigenvalue weighted by Gasteiger charge is 2.68. The van der Waals surface area contributed by atoms with Crippen LogP contribution in [0.4, 0.5) is 0 Å². The summed E-state index contributed by atoms with van der Waals surface area (Å²) >= 11 is 0. The van der Waals surface area contributed by atoms with Crippen LogP contribution in [0.1, 0.15) is 159 Å². The summed E-state index contributed by atoms with van der Waals surface area (Å²) in [6, 6.07) is 16.8. The Kier molecular flexibility index (Phi) is 13.2. The largest absolute Gasteiger partial charge is 0.488 e. The van der Waals surface area contributed by atoms with Gasteiger partial charge in [0.1, 0.15) is 29.6 Å². The summed E-state index contributed by atoms with van der Waals surface area (Å²) in [7, 11) is 0. The van der Waals surface area contributed by atoms with Gasteiger partial charge in [-0.1, -0.05) is 115 Å². The molecule has 2 aromatic heterocycles. The molecule has 5 aliphatic rings. The predicted octanol–water partition coefficient (Wildman–Crippen LogP) is 16.0. The summed E-state index contributed by atoms with van der Waals surface area (Å²) in [6.07, 6.45) is 27.1. The monoisotopic (exact) mass is 895 g/mol. The maximum absolute atomic E-state index is 13.0. The molecule has 6 nitrogen and oxygen atoms in total.